The SMILES string of the molecule is CCC1CC(CC2C(C)C=CCC2CC)C(C)C(C)C1C. The fraction of sp³-hybridized carbons (Fsp3) is 0.905. The van der Waals surface area contributed by atoms with E-state index >= 15 is 0 Å². The average molecular weight is 291 g/mol. The van der Waals surface area contributed by atoms with E-state index in [4.69, 9.17) is 0 Å². The minimum Gasteiger partial charge on any atom is -0.0880 e. The van der Waals surface area contributed by atoms with Gasteiger partial charge in [0.1, 0.15) is 0 Å². The molecule has 8 atom stereocenters. The van der Waals surface area contributed by atoms with Crippen LogP contribution in [0.5, 0.6) is 0 Å². The maximum absolute atomic E-state index is 2.54. The van der Waals surface area contributed by atoms with Crippen LogP contribution >= 0.6 is 0 Å². The lowest BCUT2D eigenvalue weighted by Crippen LogP contribution is -2.38. The number of rotatable bonds is 4. The molecule has 2 aliphatic carbocycles. The Kier molecular flexibility index (Phi) is 5.97. The normalized spacial score (nSPS) is 47.5. The summed E-state index contributed by atoms with van der Waals surface area (Å²) >= 11 is 0. The minimum absolute atomic E-state index is 0.797. The second kappa shape index (κ2) is 7.34. The van der Waals surface area contributed by atoms with Gasteiger partial charge in [-0.2, -0.15) is 0 Å². The fourth-order valence-corrected chi connectivity index (χ4v) is 5.45. The third kappa shape index (κ3) is 3.57. The van der Waals surface area contributed by atoms with E-state index in [2.05, 4.69) is 53.7 Å². The highest BCUT2D eigenvalue weighted by Crippen LogP contribution is 2.48. The lowest BCUT2D eigenvalue weighted by Gasteiger charge is -2.46. The Labute approximate surface area is 133 Å². The first-order valence-electron chi connectivity index (χ1n) is 9.66. The molecule has 0 radical (unpaired) electrons. The first-order chi connectivity index (χ1) is 9.99. The zero-order chi connectivity index (χ0) is 15.6. The second-order valence-electron chi connectivity index (χ2n) is 8.33. The molecule has 21 heavy (non-hydrogen) atoms. The molecule has 0 spiro atoms. The monoisotopic (exact) mass is 290 g/mol. The summed E-state index contributed by atoms with van der Waals surface area (Å²) in [5, 5.41) is 0. The first kappa shape index (κ1) is 17.1. The van der Waals surface area contributed by atoms with Gasteiger partial charge in [-0.25, -0.2) is 0 Å². The molecular formula is C21H38. The highest BCUT2D eigenvalue weighted by Gasteiger charge is 2.39. The van der Waals surface area contributed by atoms with Crippen LogP contribution in [0.15, 0.2) is 12.2 Å². The zero-order valence-electron chi connectivity index (χ0n) is 15.3. The van der Waals surface area contributed by atoms with E-state index in [0.29, 0.717) is 0 Å². The lowest BCUT2D eigenvalue weighted by molar-refractivity contribution is 0.0384. The molecule has 2 aliphatic rings. The summed E-state index contributed by atoms with van der Waals surface area (Å²) < 4.78 is 0. The third-order valence-electron chi connectivity index (χ3n) is 7.53. The summed E-state index contributed by atoms with van der Waals surface area (Å²) in [4.78, 5) is 0. The summed E-state index contributed by atoms with van der Waals surface area (Å²) in [6.07, 6.45) is 12.0. The molecule has 1 saturated carbocycles. The molecule has 8 unspecified atom stereocenters. The van der Waals surface area contributed by atoms with Crippen molar-refractivity contribution in [3.8, 4) is 0 Å². The zero-order valence-corrected chi connectivity index (χ0v) is 15.3. The molecule has 0 heteroatoms. The fourth-order valence-electron chi connectivity index (χ4n) is 5.45. The van der Waals surface area contributed by atoms with E-state index in [1.54, 1.807) is 0 Å². The third-order valence-corrected chi connectivity index (χ3v) is 7.53. The van der Waals surface area contributed by atoms with Crippen LogP contribution in [0, 0.1) is 47.3 Å². The molecule has 0 aromatic carbocycles. The van der Waals surface area contributed by atoms with Crippen molar-refractivity contribution in [2.45, 2.75) is 73.6 Å². The Balaban J connectivity index is 2.08. The quantitative estimate of drug-likeness (QED) is 0.514. The van der Waals surface area contributed by atoms with Crippen molar-refractivity contribution in [1.29, 1.82) is 0 Å². The Hall–Kier alpha value is -0.260. The number of hydrogen-bond acceptors (Lipinski definition) is 0. The maximum atomic E-state index is 2.54. The molecule has 2 rings (SSSR count). The van der Waals surface area contributed by atoms with Gasteiger partial charge in [0.15, 0.2) is 0 Å². The van der Waals surface area contributed by atoms with Crippen molar-refractivity contribution in [3.63, 3.8) is 0 Å². The van der Waals surface area contributed by atoms with E-state index in [-0.39, 0.29) is 0 Å². The van der Waals surface area contributed by atoms with Crippen LogP contribution < -0.4 is 0 Å². The molecule has 0 heterocycles. The molecule has 122 valence electrons. The summed E-state index contributed by atoms with van der Waals surface area (Å²) in [6.45, 7) is 14.8. The molecule has 0 N–H and O–H groups in total. The molecular weight excluding hydrogens is 252 g/mol. The first-order valence-corrected chi connectivity index (χ1v) is 9.66. The molecule has 0 amide bonds. The van der Waals surface area contributed by atoms with Crippen LogP contribution in [0.1, 0.15) is 73.6 Å². The molecule has 0 bridgehead atoms. The Bertz CT molecular complexity index is 340. The summed E-state index contributed by atoms with van der Waals surface area (Å²) in [5.74, 6) is 7.35. The Morgan fingerprint density at radius 2 is 1.43 bits per heavy atom. The van der Waals surface area contributed by atoms with Crippen molar-refractivity contribution >= 4 is 0 Å². The highest BCUT2D eigenvalue weighted by molar-refractivity contribution is 5.00. The van der Waals surface area contributed by atoms with Crippen LogP contribution in [-0.4, -0.2) is 0 Å². The summed E-state index contributed by atoms with van der Waals surface area (Å²) in [5.41, 5.74) is 0. The van der Waals surface area contributed by atoms with Crippen molar-refractivity contribution in [1.82, 2.24) is 0 Å². The average Bonchev–Trinajstić information content (AvgIpc) is 2.49. The maximum Gasteiger partial charge on any atom is -0.0231 e. The van der Waals surface area contributed by atoms with Gasteiger partial charge >= 0.3 is 0 Å². The van der Waals surface area contributed by atoms with Crippen molar-refractivity contribution in [2.24, 2.45) is 47.3 Å². The minimum atomic E-state index is 0.797. The molecule has 0 aromatic rings. The molecule has 0 nitrogen and oxygen atoms in total. The molecule has 0 saturated heterocycles. The summed E-state index contributed by atoms with van der Waals surface area (Å²) in [7, 11) is 0. The van der Waals surface area contributed by atoms with E-state index in [9.17, 15) is 0 Å². The molecule has 0 aliphatic heterocycles. The standard InChI is InChI=1S/C21H38/c1-7-18-11-9-10-14(3)21(18)13-20-12-19(8-2)16(5)15(4)17(20)6/h9-10,14-21H,7-8,11-13H2,1-6H3. The van der Waals surface area contributed by atoms with Gasteiger partial charge in [0.2, 0.25) is 0 Å². The number of allylic oxidation sites excluding steroid dienone is 2. The van der Waals surface area contributed by atoms with E-state index in [1.165, 1.54) is 32.1 Å². The van der Waals surface area contributed by atoms with Crippen molar-refractivity contribution < 1.29 is 0 Å². The Morgan fingerprint density at radius 3 is 2.05 bits per heavy atom. The summed E-state index contributed by atoms with van der Waals surface area (Å²) in [6, 6.07) is 0. The van der Waals surface area contributed by atoms with Gasteiger partial charge in [-0.05, 0) is 66.6 Å². The van der Waals surface area contributed by atoms with Gasteiger partial charge in [-0.1, -0.05) is 66.5 Å². The molecule has 1 fully saturated rings. The van der Waals surface area contributed by atoms with E-state index in [1.807, 2.05) is 0 Å². The van der Waals surface area contributed by atoms with Crippen LogP contribution in [0.25, 0.3) is 0 Å². The predicted octanol–water partition coefficient (Wildman–Crippen LogP) is 6.57. The lowest BCUT2D eigenvalue weighted by atomic mass is 9.59. The van der Waals surface area contributed by atoms with Crippen LogP contribution in [0.2, 0.25) is 0 Å². The van der Waals surface area contributed by atoms with Crippen LogP contribution in [-0.2, 0) is 0 Å². The van der Waals surface area contributed by atoms with Gasteiger partial charge in [0, 0.05) is 0 Å². The van der Waals surface area contributed by atoms with Gasteiger partial charge in [0.25, 0.3) is 0 Å². The number of hydrogen-bond donors (Lipinski definition) is 0. The smallest absolute Gasteiger partial charge is 0.0231 e. The second-order valence-corrected chi connectivity index (χ2v) is 8.33. The van der Waals surface area contributed by atoms with Crippen LogP contribution in [0.4, 0.5) is 0 Å². The van der Waals surface area contributed by atoms with Gasteiger partial charge in [0.05, 0.1) is 0 Å². The molecule has 0 aromatic heterocycles. The van der Waals surface area contributed by atoms with E-state index in [0.717, 1.165) is 47.3 Å². The van der Waals surface area contributed by atoms with Gasteiger partial charge in [-0.3, -0.25) is 0 Å². The largest absolute Gasteiger partial charge is 0.0880 e. The predicted molar refractivity (Wildman–Crippen MR) is 94.2 cm³/mol. The highest BCUT2D eigenvalue weighted by atomic mass is 14.4. The van der Waals surface area contributed by atoms with Crippen LogP contribution in [0.3, 0.4) is 0 Å². The Morgan fingerprint density at radius 1 is 0.810 bits per heavy atom. The van der Waals surface area contributed by atoms with Gasteiger partial charge in [-0.15, -0.1) is 0 Å². The van der Waals surface area contributed by atoms with Gasteiger partial charge < -0.3 is 0 Å². The van der Waals surface area contributed by atoms with Crippen molar-refractivity contribution in [3.05, 3.63) is 12.2 Å². The van der Waals surface area contributed by atoms with E-state index < -0.39 is 0 Å². The van der Waals surface area contributed by atoms with Crippen molar-refractivity contribution in [2.75, 3.05) is 0 Å². The topological polar surface area (TPSA) is 0 Å².